The number of hydrogen-bond acceptors (Lipinski definition) is 1. The molecule has 0 heterocycles. The summed E-state index contributed by atoms with van der Waals surface area (Å²) in [5, 5.41) is 3.54. The first-order valence-electron chi connectivity index (χ1n) is 10.7. The lowest BCUT2D eigenvalue weighted by Gasteiger charge is -2.20. The summed E-state index contributed by atoms with van der Waals surface area (Å²) in [4.78, 5) is 0. The van der Waals surface area contributed by atoms with E-state index in [0.29, 0.717) is 5.92 Å². The maximum Gasteiger partial charge on any atom is 0.0123 e. The minimum absolute atomic E-state index is 0.538. The zero-order valence-corrected chi connectivity index (χ0v) is 19.7. The Hall–Kier alpha value is -2.02. The molecule has 0 spiro atoms. The van der Waals surface area contributed by atoms with Crippen molar-refractivity contribution in [1.82, 2.24) is 5.32 Å². The van der Waals surface area contributed by atoms with Crippen LogP contribution in [0.2, 0.25) is 0 Å². The summed E-state index contributed by atoms with van der Waals surface area (Å²) in [6.45, 7) is 25.6. The van der Waals surface area contributed by atoms with Crippen molar-refractivity contribution in [3.8, 4) is 0 Å². The van der Waals surface area contributed by atoms with Gasteiger partial charge in [-0.1, -0.05) is 69.2 Å². The summed E-state index contributed by atoms with van der Waals surface area (Å²) in [5.74, 6) is 0.538. The van der Waals surface area contributed by atoms with Crippen LogP contribution in [-0.4, -0.2) is 0 Å². The van der Waals surface area contributed by atoms with E-state index in [1.165, 1.54) is 42.4 Å². The average Bonchev–Trinajstić information content (AvgIpc) is 2.64. The first-order valence-corrected chi connectivity index (χ1v) is 10.7. The van der Waals surface area contributed by atoms with Crippen molar-refractivity contribution in [2.75, 3.05) is 0 Å². The van der Waals surface area contributed by atoms with E-state index >= 15 is 0 Å². The van der Waals surface area contributed by atoms with E-state index in [1.807, 2.05) is 0 Å². The summed E-state index contributed by atoms with van der Waals surface area (Å²) in [7, 11) is 0. The molecule has 1 N–H and O–H groups in total. The van der Waals surface area contributed by atoms with Gasteiger partial charge < -0.3 is 5.32 Å². The third kappa shape index (κ3) is 9.78. The summed E-state index contributed by atoms with van der Waals surface area (Å²) in [5.41, 5.74) is 8.18. The van der Waals surface area contributed by atoms with Crippen LogP contribution in [0.3, 0.4) is 0 Å². The Morgan fingerprint density at radius 1 is 0.821 bits per heavy atom. The molecule has 0 atom stereocenters. The van der Waals surface area contributed by atoms with Gasteiger partial charge in [-0.3, -0.25) is 0 Å². The highest BCUT2D eigenvalue weighted by Crippen LogP contribution is 2.23. The molecule has 1 heteroatoms. The molecule has 0 aliphatic carbocycles. The van der Waals surface area contributed by atoms with Crippen LogP contribution in [0, 0.1) is 5.92 Å². The van der Waals surface area contributed by atoms with Crippen LogP contribution in [-0.2, 0) is 0 Å². The molecule has 0 rings (SSSR count). The van der Waals surface area contributed by atoms with E-state index in [1.54, 1.807) is 0 Å². The molecule has 0 fully saturated rings. The van der Waals surface area contributed by atoms with Gasteiger partial charge in [0.05, 0.1) is 0 Å². The molecule has 1 nitrogen and oxygen atoms in total. The lowest BCUT2D eigenvalue weighted by molar-refractivity contribution is 0.485. The maximum absolute atomic E-state index is 4.31. The van der Waals surface area contributed by atoms with Gasteiger partial charge in [-0.25, -0.2) is 0 Å². The summed E-state index contributed by atoms with van der Waals surface area (Å²) >= 11 is 0. The van der Waals surface area contributed by atoms with E-state index in [0.717, 1.165) is 22.5 Å². The molecular weight excluding hydrogens is 338 g/mol. The van der Waals surface area contributed by atoms with Gasteiger partial charge >= 0.3 is 0 Å². The van der Waals surface area contributed by atoms with Crippen LogP contribution in [0.25, 0.3) is 0 Å². The SMILES string of the molecule is C=C(C)C(=C\C(=C/C)C(\C)=C\C(C)=C/C)/C=C(\C)NC(=C)C(CCC)CCC. The Bertz CT molecular complexity index is 671. The molecule has 0 bridgehead atoms. The van der Waals surface area contributed by atoms with E-state index < -0.39 is 0 Å². The van der Waals surface area contributed by atoms with Gasteiger partial charge in [0.15, 0.2) is 0 Å². The molecule has 0 aromatic heterocycles. The monoisotopic (exact) mass is 381 g/mol. The molecule has 0 aliphatic heterocycles. The predicted molar refractivity (Wildman–Crippen MR) is 129 cm³/mol. The molecule has 0 aromatic rings. The Kier molecular flexibility index (Phi) is 13.0. The number of hydrogen-bond donors (Lipinski definition) is 1. The van der Waals surface area contributed by atoms with E-state index in [4.69, 9.17) is 0 Å². The van der Waals surface area contributed by atoms with Gasteiger partial charge in [0.25, 0.3) is 0 Å². The smallest absolute Gasteiger partial charge is 0.0123 e. The van der Waals surface area contributed by atoms with Crippen LogP contribution in [0.15, 0.2) is 82.8 Å². The second-order valence-corrected chi connectivity index (χ2v) is 7.74. The molecule has 0 saturated heterocycles. The van der Waals surface area contributed by atoms with Crippen LogP contribution in [0.1, 0.15) is 81.1 Å². The van der Waals surface area contributed by atoms with Crippen molar-refractivity contribution in [2.24, 2.45) is 5.92 Å². The lowest BCUT2D eigenvalue weighted by Crippen LogP contribution is -2.18. The third-order valence-electron chi connectivity index (χ3n) is 4.97. The topological polar surface area (TPSA) is 12.0 Å². The normalized spacial score (nSPS) is 14.5. The standard InChI is InChI=1S/C27H43N/c1-11-15-26(16-12-2)24(10)28-23(9)18-27(20(5)6)19-25(14-4)22(8)17-21(7)13-3/h13-14,17-19,26,28H,5,10-12,15-16H2,1-4,6-9H3/b21-13-,22-17+,23-18+,25-14+,27-19-. The van der Waals surface area contributed by atoms with Crippen molar-refractivity contribution in [2.45, 2.75) is 81.1 Å². The van der Waals surface area contributed by atoms with Gasteiger partial charge in [0, 0.05) is 11.4 Å². The van der Waals surface area contributed by atoms with Crippen LogP contribution in [0.4, 0.5) is 0 Å². The quantitative estimate of drug-likeness (QED) is 0.334. The van der Waals surface area contributed by atoms with Gasteiger partial charge in [-0.15, -0.1) is 0 Å². The largest absolute Gasteiger partial charge is 0.363 e. The van der Waals surface area contributed by atoms with E-state index in [2.05, 4.69) is 104 Å². The first kappa shape index (κ1) is 26.0. The molecule has 28 heavy (non-hydrogen) atoms. The van der Waals surface area contributed by atoms with Crippen LogP contribution < -0.4 is 5.32 Å². The Labute approximate surface area is 175 Å². The van der Waals surface area contributed by atoms with E-state index in [9.17, 15) is 0 Å². The molecule has 156 valence electrons. The Morgan fingerprint density at radius 2 is 1.39 bits per heavy atom. The summed E-state index contributed by atoms with van der Waals surface area (Å²) in [6.07, 6.45) is 15.7. The highest BCUT2D eigenvalue weighted by atomic mass is 14.9. The van der Waals surface area contributed by atoms with Crippen molar-refractivity contribution in [1.29, 1.82) is 0 Å². The zero-order chi connectivity index (χ0) is 21.7. The Morgan fingerprint density at radius 3 is 1.82 bits per heavy atom. The maximum atomic E-state index is 4.31. The van der Waals surface area contributed by atoms with Crippen LogP contribution in [0.5, 0.6) is 0 Å². The van der Waals surface area contributed by atoms with Crippen molar-refractivity contribution >= 4 is 0 Å². The van der Waals surface area contributed by atoms with Gasteiger partial charge in [0.1, 0.15) is 0 Å². The zero-order valence-electron chi connectivity index (χ0n) is 19.7. The number of allylic oxidation sites excluding steroid dienone is 12. The van der Waals surface area contributed by atoms with Gasteiger partial charge in [-0.05, 0) is 89.2 Å². The second-order valence-electron chi connectivity index (χ2n) is 7.74. The van der Waals surface area contributed by atoms with Crippen molar-refractivity contribution in [3.63, 3.8) is 0 Å². The number of rotatable bonds is 12. The fourth-order valence-electron chi connectivity index (χ4n) is 3.20. The first-order chi connectivity index (χ1) is 13.2. The summed E-state index contributed by atoms with van der Waals surface area (Å²) in [6, 6.07) is 0. The highest BCUT2D eigenvalue weighted by molar-refractivity contribution is 5.50. The molecule has 0 amide bonds. The average molecular weight is 382 g/mol. The molecular formula is C27H43N. The molecule has 0 aliphatic rings. The lowest BCUT2D eigenvalue weighted by atomic mass is 9.95. The minimum atomic E-state index is 0.538. The van der Waals surface area contributed by atoms with Crippen molar-refractivity contribution in [3.05, 3.63) is 82.8 Å². The fraction of sp³-hybridized carbons (Fsp3) is 0.481. The van der Waals surface area contributed by atoms with E-state index in [-0.39, 0.29) is 0 Å². The Balaban J connectivity index is 5.63. The predicted octanol–water partition coefficient (Wildman–Crippen LogP) is 8.57. The molecule has 0 saturated carbocycles. The van der Waals surface area contributed by atoms with Crippen molar-refractivity contribution < 1.29 is 0 Å². The number of nitrogens with one attached hydrogen (secondary N) is 1. The van der Waals surface area contributed by atoms with Gasteiger partial charge in [0.2, 0.25) is 0 Å². The van der Waals surface area contributed by atoms with Crippen LogP contribution >= 0.6 is 0 Å². The fourth-order valence-corrected chi connectivity index (χ4v) is 3.20. The highest BCUT2D eigenvalue weighted by Gasteiger charge is 2.11. The second kappa shape index (κ2) is 14.0. The third-order valence-corrected chi connectivity index (χ3v) is 4.97. The van der Waals surface area contributed by atoms with Gasteiger partial charge in [-0.2, -0.15) is 0 Å². The molecule has 0 aromatic carbocycles. The molecule has 0 radical (unpaired) electrons. The molecule has 0 unspecified atom stereocenters. The summed E-state index contributed by atoms with van der Waals surface area (Å²) < 4.78 is 0. The minimum Gasteiger partial charge on any atom is -0.363 e.